The molecule has 2 aromatic carbocycles. The molecule has 0 atom stereocenters. The molecule has 2 aromatic rings. The van der Waals surface area contributed by atoms with E-state index in [1.54, 1.807) is 12.1 Å². The van der Waals surface area contributed by atoms with Crippen molar-refractivity contribution < 1.29 is 27.5 Å². The zero-order chi connectivity index (χ0) is 21.7. The highest BCUT2D eigenvalue weighted by atomic mass is 19.4. The fraction of sp³-hybridized carbons (Fsp3) is 0.409. The number of alkyl halides is 3. The first-order valence-corrected chi connectivity index (χ1v) is 9.88. The van der Waals surface area contributed by atoms with Gasteiger partial charge in [0.1, 0.15) is 11.6 Å². The predicted molar refractivity (Wildman–Crippen MR) is 104 cm³/mol. The van der Waals surface area contributed by atoms with Gasteiger partial charge in [0.05, 0.1) is 5.56 Å². The normalized spacial score (nSPS) is 19.5. The second kappa shape index (κ2) is 9.47. The molecular weight excluding hydrogens is 400 g/mol. The summed E-state index contributed by atoms with van der Waals surface area (Å²) in [6, 6.07) is 9.29. The van der Waals surface area contributed by atoms with Gasteiger partial charge in [-0.05, 0) is 55.9 Å². The van der Waals surface area contributed by atoms with Crippen molar-refractivity contribution in [1.29, 1.82) is 0 Å². The molecule has 0 aromatic heterocycles. The minimum atomic E-state index is -4.71. The number of carbonyl (C=O) groups excluding carboxylic acids is 1. The van der Waals surface area contributed by atoms with E-state index in [1.807, 2.05) is 12.1 Å². The molecule has 0 saturated heterocycles. The Morgan fingerprint density at radius 2 is 1.77 bits per heavy atom. The van der Waals surface area contributed by atoms with Gasteiger partial charge in [0, 0.05) is 30.3 Å². The van der Waals surface area contributed by atoms with Crippen LogP contribution >= 0.6 is 0 Å². The molecule has 8 heteroatoms. The molecule has 1 fully saturated rings. The molecule has 1 aliphatic rings. The number of halogens is 4. The van der Waals surface area contributed by atoms with Gasteiger partial charge in [-0.2, -0.15) is 13.2 Å². The SMILES string of the molecule is O=C(NCC1CCC(NCc2ccccc2O)CC1)c1cc(F)cc(C(F)(F)F)c1. The van der Waals surface area contributed by atoms with Crippen LogP contribution in [0, 0.1) is 11.7 Å². The molecule has 3 N–H and O–H groups in total. The zero-order valence-corrected chi connectivity index (χ0v) is 16.3. The van der Waals surface area contributed by atoms with Crippen LogP contribution < -0.4 is 10.6 Å². The average molecular weight is 424 g/mol. The maximum absolute atomic E-state index is 13.5. The van der Waals surface area contributed by atoms with Gasteiger partial charge in [-0.15, -0.1) is 0 Å². The first kappa shape index (κ1) is 22.1. The fourth-order valence-corrected chi connectivity index (χ4v) is 3.71. The number of amides is 1. The summed E-state index contributed by atoms with van der Waals surface area (Å²) in [5.74, 6) is -1.33. The van der Waals surface area contributed by atoms with Gasteiger partial charge < -0.3 is 15.7 Å². The third-order valence-electron chi connectivity index (χ3n) is 5.46. The lowest BCUT2D eigenvalue weighted by Crippen LogP contribution is -2.36. The van der Waals surface area contributed by atoms with Crippen molar-refractivity contribution in [3.63, 3.8) is 0 Å². The van der Waals surface area contributed by atoms with Crippen LogP contribution in [-0.2, 0) is 12.7 Å². The van der Waals surface area contributed by atoms with Gasteiger partial charge in [0.2, 0.25) is 0 Å². The number of para-hydroxylation sites is 1. The van der Waals surface area contributed by atoms with Crippen LogP contribution in [0.1, 0.15) is 47.2 Å². The van der Waals surface area contributed by atoms with Crippen LogP contribution in [0.4, 0.5) is 17.6 Å². The van der Waals surface area contributed by atoms with Crippen molar-refractivity contribution >= 4 is 5.91 Å². The number of phenolic OH excluding ortho intramolecular Hbond substituents is 1. The van der Waals surface area contributed by atoms with Crippen LogP contribution in [0.2, 0.25) is 0 Å². The number of carbonyl (C=O) groups is 1. The largest absolute Gasteiger partial charge is 0.508 e. The summed E-state index contributed by atoms with van der Waals surface area (Å²) >= 11 is 0. The monoisotopic (exact) mass is 424 g/mol. The first-order chi connectivity index (χ1) is 14.2. The Morgan fingerprint density at radius 1 is 1.07 bits per heavy atom. The number of nitrogens with one attached hydrogen (secondary N) is 2. The van der Waals surface area contributed by atoms with E-state index in [0.29, 0.717) is 31.3 Å². The molecule has 0 aliphatic heterocycles. The first-order valence-electron chi connectivity index (χ1n) is 9.88. The lowest BCUT2D eigenvalue weighted by Gasteiger charge is -2.29. The lowest BCUT2D eigenvalue weighted by molar-refractivity contribution is -0.137. The molecule has 4 nitrogen and oxygen atoms in total. The van der Waals surface area contributed by atoms with E-state index in [2.05, 4.69) is 10.6 Å². The van der Waals surface area contributed by atoms with Gasteiger partial charge in [0.25, 0.3) is 5.91 Å². The van der Waals surface area contributed by atoms with Gasteiger partial charge in [-0.1, -0.05) is 18.2 Å². The van der Waals surface area contributed by atoms with Gasteiger partial charge in [0.15, 0.2) is 0 Å². The molecule has 1 amide bonds. The Labute approximate surface area is 172 Å². The van der Waals surface area contributed by atoms with Crippen LogP contribution in [0.5, 0.6) is 5.75 Å². The summed E-state index contributed by atoms with van der Waals surface area (Å²) in [7, 11) is 0. The van der Waals surface area contributed by atoms with E-state index in [-0.39, 0.29) is 17.2 Å². The number of rotatable bonds is 6. The van der Waals surface area contributed by atoms with Gasteiger partial charge in [-0.25, -0.2) is 4.39 Å². The van der Waals surface area contributed by atoms with Crippen molar-refractivity contribution in [2.75, 3.05) is 6.54 Å². The smallest absolute Gasteiger partial charge is 0.416 e. The number of aromatic hydroxyl groups is 1. The molecule has 1 saturated carbocycles. The molecule has 0 bridgehead atoms. The number of hydrogen-bond donors (Lipinski definition) is 3. The van der Waals surface area contributed by atoms with Crippen molar-refractivity contribution in [3.05, 3.63) is 65.0 Å². The topological polar surface area (TPSA) is 61.4 Å². The van der Waals surface area contributed by atoms with Crippen LogP contribution in [0.15, 0.2) is 42.5 Å². The minimum absolute atomic E-state index is 0.216. The van der Waals surface area contributed by atoms with Crippen molar-refractivity contribution in [3.8, 4) is 5.75 Å². The third-order valence-corrected chi connectivity index (χ3v) is 5.46. The van der Waals surface area contributed by atoms with Gasteiger partial charge in [-0.3, -0.25) is 4.79 Å². The van der Waals surface area contributed by atoms with Crippen molar-refractivity contribution in [2.24, 2.45) is 5.92 Å². The van der Waals surface area contributed by atoms with Crippen molar-refractivity contribution in [2.45, 2.75) is 44.4 Å². The number of phenols is 1. The molecule has 0 spiro atoms. The molecule has 0 radical (unpaired) electrons. The molecule has 30 heavy (non-hydrogen) atoms. The predicted octanol–water partition coefficient (Wildman–Crippen LogP) is 4.63. The fourth-order valence-electron chi connectivity index (χ4n) is 3.71. The highest BCUT2D eigenvalue weighted by molar-refractivity contribution is 5.94. The maximum atomic E-state index is 13.5. The Morgan fingerprint density at radius 3 is 2.43 bits per heavy atom. The second-order valence-electron chi connectivity index (χ2n) is 7.66. The van der Waals surface area contributed by atoms with E-state index in [9.17, 15) is 27.5 Å². The molecular formula is C22H24F4N2O2. The maximum Gasteiger partial charge on any atom is 0.416 e. The van der Waals surface area contributed by atoms with E-state index in [0.717, 1.165) is 37.3 Å². The molecule has 0 heterocycles. The van der Waals surface area contributed by atoms with E-state index < -0.39 is 23.5 Å². The van der Waals surface area contributed by atoms with Crippen molar-refractivity contribution in [1.82, 2.24) is 10.6 Å². The highest BCUT2D eigenvalue weighted by Crippen LogP contribution is 2.30. The average Bonchev–Trinajstić information content (AvgIpc) is 2.71. The Kier molecular flexibility index (Phi) is 6.97. The Bertz CT molecular complexity index is 878. The third kappa shape index (κ3) is 5.95. The minimum Gasteiger partial charge on any atom is -0.508 e. The summed E-state index contributed by atoms with van der Waals surface area (Å²) in [5, 5.41) is 15.9. The number of hydrogen-bond acceptors (Lipinski definition) is 3. The Hall–Kier alpha value is -2.61. The Balaban J connectivity index is 1.45. The van der Waals surface area contributed by atoms with Crippen LogP contribution in [-0.4, -0.2) is 23.6 Å². The van der Waals surface area contributed by atoms with Crippen LogP contribution in [0.3, 0.4) is 0 Å². The second-order valence-corrected chi connectivity index (χ2v) is 7.66. The number of benzene rings is 2. The standard InChI is InChI=1S/C22H24F4N2O2/c23-18-10-16(9-17(11-18)22(24,25)26)21(30)28-12-14-5-7-19(8-6-14)27-13-15-3-1-2-4-20(15)29/h1-4,9-11,14,19,27,29H,5-8,12-13H2,(H,28,30). The van der Waals surface area contributed by atoms with Gasteiger partial charge >= 0.3 is 6.18 Å². The molecule has 0 unspecified atom stereocenters. The summed E-state index contributed by atoms with van der Waals surface area (Å²) in [4.78, 5) is 12.2. The quantitative estimate of drug-likeness (QED) is 0.593. The molecule has 162 valence electrons. The summed E-state index contributed by atoms with van der Waals surface area (Å²) in [5.41, 5.74) is -0.677. The van der Waals surface area contributed by atoms with E-state index >= 15 is 0 Å². The summed E-state index contributed by atoms with van der Waals surface area (Å²) in [6.45, 7) is 0.905. The van der Waals surface area contributed by atoms with E-state index in [4.69, 9.17) is 0 Å². The van der Waals surface area contributed by atoms with E-state index in [1.165, 1.54) is 0 Å². The highest BCUT2D eigenvalue weighted by Gasteiger charge is 2.32. The molecule has 3 rings (SSSR count). The zero-order valence-electron chi connectivity index (χ0n) is 16.3. The molecule has 1 aliphatic carbocycles. The summed E-state index contributed by atoms with van der Waals surface area (Å²) in [6.07, 6.45) is -1.21. The summed E-state index contributed by atoms with van der Waals surface area (Å²) < 4.78 is 51.9. The lowest BCUT2D eigenvalue weighted by atomic mass is 9.86. The van der Waals surface area contributed by atoms with Crippen LogP contribution in [0.25, 0.3) is 0 Å².